The summed E-state index contributed by atoms with van der Waals surface area (Å²) in [6.07, 6.45) is 5.82. The number of methoxy groups -OCH3 is 1. The van der Waals surface area contributed by atoms with Crippen LogP contribution in [-0.2, 0) is 4.74 Å². The van der Waals surface area contributed by atoms with E-state index in [1.807, 2.05) is 0 Å². The lowest BCUT2D eigenvalue weighted by molar-refractivity contribution is -0.384. The molecular formula is C18H22N2O5. The highest BCUT2D eigenvalue weighted by atomic mass is 16.6. The molecule has 3 rings (SSSR count). The first kappa shape index (κ1) is 17.4. The first-order valence-electron chi connectivity index (χ1n) is 8.66. The van der Waals surface area contributed by atoms with Gasteiger partial charge in [-0.25, -0.2) is 4.79 Å². The highest BCUT2D eigenvalue weighted by Crippen LogP contribution is 2.36. The fourth-order valence-corrected chi connectivity index (χ4v) is 4.04. The highest BCUT2D eigenvalue weighted by Gasteiger charge is 2.33. The maximum absolute atomic E-state index is 12.9. The second-order valence-electron chi connectivity index (χ2n) is 6.86. The third-order valence-corrected chi connectivity index (χ3v) is 5.38. The normalized spacial score (nSPS) is 22.8. The first-order valence-corrected chi connectivity index (χ1v) is 8.66. The van der Waals surface area contributed by atoms with Gasteiger partial charge in [0.25, 0.3) is 11.6 Å². The molecule has 7 heteroatoms. The molecule has 0 N–H and O–H groups in total. The molecule has 1 aliphatic carbocycles. The SMILES string of the molecule is COC(=O)c1cc(C(=O)N2CCC3CCCCC3C2)cc([N+](=O)[O-])c1. The van der Waals surface area contributed by atoms with Gasteiger partial charge in [-0.3, -0.25) is 14.9 Å². The molecule has 7 nitrogen and oxygen atoms in total. The molecule has 1 amide bonds. The third kappa shape index (κ3) is 3.65. The van der Waals surface area contributed by atoms with E-state index in [-0.39, 0.29) is 22.7 Å². The Morgan fingerprint density at radius 2 is 1.80 bits per heavy atom. The third-order valence-electron chi connectivity index (χ3n) is 5.38. The van der Waals surface area contributed by atoms with Crippen LogP contribution in [0.25, 0.3) is 0 Å². The number of hydrogen-bond acceptors (Lipinski definition) is 5. The maximum Gasteiger partial charge on any atom is 0.338 e. The van der Waals surface area contributed by atoms with Crippen molar-refractivity contribution in [2.24, 2.45) is 11.8 Å². The average molecular weight is 346 g/mol. The summed E-state index contributed by atoms with van der Waals surface area (Å²) in [4.78, 5) is 36.9. The van der Waals surface area contributed by atoms with Crippen LogP contribution in [0, 0.1) is 22.0 Å². The van der Waals surface area contributed by atoms with E-state index in [4.69, 9.17) is 0 Å². The minimum absolute atomic E-state index is 0.0209. The Morgan fingerprint density at radius 3 is 2.48 bits per heavy atom. The Labute approximate surface area is 146 Å². The summed E-state index contributed by atoms with van der Waals surface area (Å²) in [7, 11) is 1.20. The molecule has 2 unspecified atom stereocenters. The van der Waals surface area contributed by atoms with Crippen molar-refractivity contribution in [2.45, 2.75) is 32.1 Å². The smallest absolute Gasteiger partial charge is 0.338 e. The Balaban J connectivity index is 1.84. The lowest BCUT2D eigenvalue weighted by Gasteiger charge is -2.41. The molecule has 1 saturated heterocycles. The minimum Gasteiger partial charge on any atom is -0.465 e. The number of nitro benzene ring substituents is 1. The summed E-state index contributed by atoms with van der Waals surface area (Å²) < 4.78 is 4.64. The molecular weight excluding hydrogens is 324 g/mol. The van der Waals surface area contributed by atoms with Gasteiger partial charge in [-0.2, -0.15) is 0 Å². The van der Waals surface area contributed by atoms with Crippen LogP contribution in [0.15, 0.2) is 18.2 Å². The molecule has 0 bridgehead atoms. The zero-order chi connectivity index (χ0) is 18.0. The van der Waals surface area contributed by atoms with Gasteiger partial charge < -0.3 is 9.64 Å². The number of piperidine rings is 1. The number of likely N-dealkylation sites (tertiary alicyclic amines) is 1. The van der Waals surface area contributed by atoms with Gasteiger partial charge in [-0.05, 0) is 30.7 Å². The summed E-state index contributed by atoms with van der Waals surface area (Å²) in [5.74, 6) is 0.264. The van der Waals surface area contributed by atoms with Crippen LogP contribution in [-0.4, -0.2) is 41.9 Å². The van der Waals surface area contributed by atoms with Crippen molar-refractivity contribution in [3.05, 3.63) is 39.4 Å². The number of ether oxygens (including phenoxy) is 1. The average Bonchev–Trinajstić information content (AvgIpc) is 2.65. The Hall–Kier alpha value is -2.44. The molecule has 1 aliphatic heterocycles. The fourth-order valence-electron chi connectivity index (χ4n) is 4.04. The van der Waals surface area contributed by atoms with Gasteiger partial charge >= 0.3 is 5.97 Å². The number of carbonyl (C=O) groups excluding carboxylic acids is 2. The van der Waals surface area contributed by atoms with E-state index in [1.165, 1.54) is 38.5 Å². The number of hydrogen-bond donors (Lipinski definition) is 0. The van der Waals surface area contributed by atoms with E-state index in [0.717, 1.165) is 18.9 Å². The van der Waals surface area contributed by atoms with Crippen molar-refractivity contribution in [2.75, 3.05) is 20.2 Å². The summed E-state index contributed by atoms with van der Waals surface area (Å²) in [6, 6.07) is 3.76. The fraction of sp³-hybridized carbons (Fsp3) is 0.556. The number of non-ortho nitro benzene ring substituents is 1. The summed E-state index contributed by atoms with van der Waals surface area (Å²) in [5, 5.41) is 11.1. The van der Waals surface area contributed by atoms with Crippen molar-refractivity contribution < 1.29 is 19.2 Å². The van der Waals surface area contributed by atoms with Crippen LogP contribution in [0.2, 0.25) is 0 Å². The molecule has 0 radical (unpaired) electrons. The molecule has 0 spiro atoms. The number of amides is 1. The van der Waals surface area contributed by atoms with Gasteiger partial charge in [0.1, 0.15) is 0 Å². The van der Waals surface area contributed by atoms with Crippen LogP contribution in [0.5, 0.6) is 0 Å². The summed E-state index contributed by atoms with van der Waals surface area (Å²) in [6.45, 7) is 1.36. The quantitative estimate of drug-likeness (QED) is 0.477. The van der Waals surface area contributed by atoms with E-state index < -0.39 is 10.9 Å². The van der Waals surface area contributed by atoms with Gasteiger partial charge in [0.05, 0.1) is 17.6 Å². The monoisotopic (exact) mass is 346 g/mol. The van der Waals surface area contributed by atoms with Gasteiger partial charge in [-0.15, -0.1) is 0 Å². The van der Waals surface area contributed by atoms with Gasteiger partial charge in [0.2, 0.25) is 0 Å². The number of carbonyl (C=O) groups is 2. The molecule has 1 aromatic carbocycles. The Kier molecular flexibility index (Phi) is 5.01. The van der Waals surface area contributed by atoms with Crippen LogP contribution >= 0.6 is 0 Å². The van der Waals surface area contributed by atoms with E-state index in [1.54, 1.807) is 4.90 Å². The number of fused-ring (bicyclic) bond motifs is 1. The van der Waals surface area contributed by atoms with Crippen molar-refractivity contribution in [3.63, 3.8) is 0 Å². The van der Waals surface area contributed by atoms with Crippen molar-refractivity contribution >= 4 is 17.6 Å². The first-order chi connectivity index (χ1) is 12.0. The van der Waals surface area contributed by atoms with E-state index >= 15 is 0 Å². The van der Waals surface area contributed by atoms with E-state index in [0.29, 0.717) is 24.9 Å². The number of nitro groups is 1. The van der Waals surface area contributed by atoms with Crippen LogP contribution in [0.1, 0.15) is 52.8 Å². The van der Waals surface area contributed by atoms with Crippen LogP contribution in [0.4, 0.5) is 5.69 Å². The van der Waals surface area contributed by atoms with Gasteiger partial charge in [-0.1, -0.05) is 19.3 Å². The lowest BCUT2D eigenvalue weighted by Crippen LogP contribution is -2.44. The molecule has 2 atom stereocenters. The molecule has 25 heavy (non-hydrogen) atoms. The van der Waals surface area contributed by atoms with Crippen LogP contribution < -0.4 is 0 Å². The topological polar surface area (TPSA) is 89.8 Å². The minimum atomic E-state index is -0.691. The maximum atomic E-state index is 12.9. The van der Waals surface area contributed by atoms with Gasteiger partial charge in [0.15, 0.2) is 0 Å². The largest absolute Gasteiger partial charge is 0.465 e. The second-order valence-corrected chi connectivity index (χ2v) is 6.86. The zero-order valence-electron chi connectivity index (χ0n) is 14.3. The van der Waals surface area contributed by atoms with Gasteiger partial charge in [0, 0.05) is 30.8 Å². The molecule has 1 aromatic rings. The summed E-state index contributed by atoms with van der Waals surface area (Å²) >= 11 is 0. The second kappa shape index (κ2) is 7.21. The summed E-state index contributed by atoms with van der Waals surface area (Å²) in [5.41, 5.74) is -0.0877. The van der Waals surface area contributed by atoms with Crippen molar-refractivity contribution in [3.8, 4) is 0 Å². The van der Waals surface area contributed by atoms with Crippen LogP contribution in [0.3, 0.4) is 0 Å². The lowest BCUT2D eigenvalue weighted by atomic mass is 9.75. The standard InChI is InChI=1S/C18H22N2O5/c1-25-18(22)15-8-14(9-16(10-15)20(23)24)17(21)19-7-6-12-4-2-3-5-13(12)11-19/h8-10,12-13H,2-7,11H2,1H3. The predicted molar refractivity (Wildman–Crippen MR) is 90.4 cm³/mol. The molecule has 2 aliphatic rings. The zero-order valence-corrected chi connectivity index (χ0v) is 14.3. The molecule has 1 saturated carbocycles. The van der Waals surface area contributed by atoms with Crippen molar-refractivity contribution in [1.82, 2.24) is 4.90 Å². The number of rotatable bonds is 3. The predicted octanol–water partition coefficient (Wildman–Crippen LogP) is 3.03. The van der Waals surface area contributed by atoms with E-state index in [2.05, 4.69) is 4.74 Å². The Bertz CT molecular complexity index is 703. The molecule has 134 valence electrons. The molecule has 0 aromatic heterocycles. The molecule has 1 heterocycles. The number of esters is 1. The van der Waals surface area contributed by atoms with E-state index in [9.17, 15) is 19.7 Å². The molecule has 2 fully saturated rings. The number of nitrogens with zero attached hydrogens (tertiary/aromatic N) is 2. The Morgan fingerprint density at radius 1 is 1.12 bits per heavy atom. The number of benzene rings is 1. The highest BCUT2D eigenvalue weighted by molar-refractivity contribution is 5.99. The van der Waals surface area contributed by atoms with Crippen molar-refractivity contribution in [1.29, 1.82) is 0 Å².